The number of nitrogens with zero attached hydrogens (tertiary/aromatic N) is 1. The van der Waals surface area contributed by atoms with Crippen molar-refractivity contribution in [3.05, 3.63) is 23.8 Å². The van der Waals surface area contributed by atoms with E-state index in [-0.39, 0.29) is 0 Å². The largest absolute Gasteiger partial charge is 0.399 e. The molecule has 3 N–H and O–H groups in total. The minimum absolute atomic E-state index is 0.496. The van der Waals surface area contributed by atoms with E-state index in [0.29, 0.717) is 12.2 Å². The molecule has 0 saturated heterocycles. The third-order valence-electron chi connectivity index (χ3n) is 2.90. The molecule has 1 aliphatic rings. The molecule has 1 aromatic rings. The first kappa shape index (κ1) is 14.1. The van der Waals surface area contributed by atoms with Gasteiger partial charge in [0.15, 0.2) is 0 Å². The van der Waals surface area contributed by atoms with Gasteiger partial charge < -0.3 is 5.73 Å². The van der Waals surface area contributed by atoms with Crippen molar-refractivity contribution < 1.29 is 8.42 Å². The van der Waals surface area contributed by atoms with Crippen molar-refractivity contribution >= 4 is 21.6 Å². The van der Waals surface area contributed by atoms with E-state index >= 15 is 0 Å². The van der Waals surface area contributed by atoms with E-state index in [4.69, 9.17) is 5.73 Å². The first-order valence-corrected chi connectivity index (χ1v) is 7.83. The van der Waals surface area contributed by atoms with Crippen molar-refractivity contribution in [2.24, 2.45) is 0 Å². The van der Waals surface area contributed by atoms with Crippen LogP contribution in [-0.2, 0) is 16.6 Å². The van der Waals surface area contributed by atoms with Gasteiger partial charge in [0.2, 0.25) is 0 Å². The molecule has 1 aromatic carbocycles. The highest BCUT2D eigenvalue weighted by Gasteiger charge is 2.30. The van der Waals surface area contributed by atoms with Gasteiger partial charge in [0, 0.05) is 17.8 Å². The van der Waals surface area contributed by atoms with Crippen molar-refractivity contribution in [3.8, 4) is 0 Å². The van der Waals surface area contributed by atoms with Crippen molar-refractivity contribution in [2.75, 3.05) is 16.6 Å². The fourth-order valence-corrected chi connectivity index (χ4v) is 3.96. The maximum absolute atomic E-state index is 12.4. The molecule has 1 aliphatic heterocycles. The van der Waals surface area contributed by atoms with Gasteiger partial charge in [-0.25, -0.2) is 0 Å². The third-order valence-corrected chi connectivity index (χ3v) is 4.73. The number of rotatable bonds is 2. The van der Waals surface area contributed by atoms with Gasteiger partial charge in [-0.15, -0.1) is 0 Å². The summed E-state index contributed by atoms with van der Waals surface area (Å²) in [6.45, 7) is 6.00. The molecule has 0 radical (unpaired) electrons. The Hall–Kier alpha value is -1.27. The normalized spacial score (nSPS) is 16.3. The molecule has 0 aromatic heterocycles. The van der Waals surface area contributed by atoms with Crippen molar-refractivity contribution in [1.82, 2.24) is 4.72 Å². The molecule has 0 fully saturated rings. The number of hydrogen-bond donors (Lipinski definition) is 2. The van der Waals surface area contributed by atoms with Gasteiger partial charge in [-0.3, -0.25) is 4.31 Å². The number of nitrogens with two attached hydrogens (primary N) is 1. The second-order valence-corrected chi connectivity index (χ2v) is 7.52. The average molecular weight is 283 g/mol. The predicted molar refractivity (Wildman–Crippen MR) is 78.3 cm³/mol. The predicted octanol–water partition coefficient (Wildman–Crippen LogP) is 1.65. The second-order valence-electron chi connectivity index (χ2n) is 5.92. The van der Waals surface area contributed by atoms with Crippen LogP contribution in [-0.4, -0.2) is 20.5 Å². The lowest BCUT2D eigenvalue weighted by Crippen LogP contribution is -2.50. The van der Waals surface area contributed by atoms with Crippen LogP contribution >= 0.6 is 0 Å². The van der Waals surface area contributed by atoms with Gasteiger partial charge in [0.05, 0.1) is 5.69 Å². The summed E-state index contributed by atoms with van der Waals surface area (Å²) in [6, 6.07) is 5.38. The monoisotopic (exact) mass is 283 g/mol. The first-order chi connectivity index (χ1) is 8.69. The Labute approximate surface area is 115 Å². The minimum atomic E-state index is -3.52. The molecule has 0 spiro atoms. The highest BCUT2D eigenvalue weighted by Crippen LogP contribution is 2.30. The zero-order valence-corrected chi connectivity index (χ0v) is 12.4. The van der Waals surface area contributed by atoms with Crippen LogP contribution < -0.4 is 14.8 Å². The summed E-state index contributed by atoms with van der Waals surface area (Å²) in [6.07, 6.45) is 1.67. The van der Waals surface area contributed by atoms with Crippen molar-refractivity contribution in [1.29, 1.82) is 0 Å². The van der Waals surface area contributed by atoms with E-state index in [1.807, 2.05) is 26.8 Å². The molecule has 0 amide bonds. The molecule has 0 atom stereocenters. The van der Waals surface area contributed by atoms with Crippen LogP contribution in [0.4, 0.5) is 11.4 Å². The minimum Gasteiger partial charge on any atom is -0.399 e. The third kappa shape index (κ3) is 3.19. The fraction of sp³-hybridized carbons (Fsp3) is 0.538. The second kappa shape index (κ2) is 4.68. The standard InChI is InChI=1S/C13H21N3O2S/c1-13(2,3)15-19(17,18)16-8-4-5-10-9-11(14)6-7-12(10)16/h6-7,9,15H,4-5,8,14H2,1-3H3. The summed E-state index contributed by atoms with van der Waals surface area (Å²) in [5.74, 6) is 0. The van der Waals surface area contributed by atoms with Crippen LogP contribution in [0.3, 0.4) is 0 Å². The number of hydrogen-bond acceptors (Lipinski definition) is 3. The smallest absolute Gasteiger partial charge is 0.302 e. The van der Waals surface area contributed by atoms with Gasteiger partial charge in [-0.1, -0.05) is 0 Å². The summed E-state index contributed by atoms with van der Waals surface area (Å²) in [7, 11) is -3.52. The Kier molecular flexibility index (Phi) is 3.49. The number of benzene rings is 1. The molecule has 19 heavy (non-hydrogen) atoms. The quantitative estimate of drug-likeness (QED) is 0.810. The van der Waals surface area contributed by atoms with Crippen LogP contribution in [0.1, 0.15) is 32.8 Å². The van der Waals surface area contributed by atoms with Crippen LogP contribution in [0.5, 0.6) is 0 Å². The molecule has 0 bridgehead atoms. The Morgan fingerprint density at radius 2 is 2.00 bits per heavy atom. The van der Waals surface area contributed by atoms with Gasteiger partial charge in [-0.2, -0.15) is 13.1 Å². The van der Waals surface area contributed by atoms with E-state index < -0.39 is 15.7 Å². The Bertz CT molecular complexity index is 576. The number of nitrogen functional groups attached to an aromatic ring is 1. The molecule has 0 saturated carbocycles. The van der Waals surface area contributed by atoms with Crippen LogP contribution in [0.2, 0.25) is 0 Å². The lowest BCUT2D eigenvalue weighted by Gasteiger charge is -2.33. The zero-order valence-electron chi connectivity index (χ0n) is 11.6. The summed E-state index contributed by atoms with van der Waals surface area (Å²) in [5.41, 5.74) is 7.65. The summed E-state index contributed by atoms with van der Waals surface area (Å²) >= 11 is 0. The maximum Gasteiger partial charge on any atom is 0.302 e. The molecule has 1 heterocycles. The molecule has 106 valence electrons. The lowest BCUT2D eigenvalue weighted by molar-refractivity contribution is 0.487. The average Bonchev–Trinajstić information content (AvgIpc) is 2.24. The summed E-state index contributed by atoms with van der Waals surface area (Å²) in [5, 5.41) is 0. The number of anilines is 2. The van der Waals surface area contributed by atoms with Crippen molar-refractivity contribution in [2.45, 2.75) is 39.2 Å². The molecule has 5 nitrogen and oxygen atoms in total. The van der Waals surface area contributed by atoms with Crippen LogP contribution in [0, 0.1) is 0 Å². The van der Waals surface area contributed by atoms with E-state index in [1.165, 1.54) is 4.31 Å². The topological polar surface area (TPSA) is 75.4 Å². The highest BCUT2D eigenvalue weighted by atomic mass is 32.2. The SMILES string of the molecule is CC(C)(C)NS(=O)(=O)N1CCCc2cc(N)ccc21. The molecular formula is C13H21N3O2S. The molecule has 0 aliphatic carbocycles. The summed E-state index contributed by atoms with van der Waals surface area (Å²) in [4.78, 5) is 0. The van der Waals surface area contributed by atoms with Gasteiger partial charge in [0.25, 0.3) is 0 Å². The van der Waals surface area contributed by atoms with E-state index in [1.54, 1.807) is 12.1 Å². The first-order valence-electron chi connectivity index (χ1n) is 6.39. The molecule has 2 rings (SSSR count). The Balaban J connectivity index is 2.39. The molecule has 0 unspecified atom stereocenters. The van der Waals surface area contributed by atoms with E-state index in [2.05, 4.69) is 4.72 Å². The van der Waals surface area contributed by atoms with Crippen LogP contribution in [0.15, 0.2) is 18.2 Å². The summed E-state index contributed by atoms with van der Waals surface area (Å²) < 4.78 is 29.0. The van der Waals surface area contributed by atoms with Gasteiger partial charge in [0.1, 0.15) is 0 Å². The Morgan fingerprint density at radius 1 is 1.32 bits per heavy atom. The van der Waals surface area contributed by atoms with E-state index in [9.17, 15) is 8.42 Å². The van der Waals surface area contributed by atoms with Crippen LogP contribution in [0.25, 0.3) is 0 Å². The molecular weight excluding hydrogens is 262 g/mol. The van der Waals surface area contributed by atoms with E-state index in [0.717, 1.165) is 24.1 Å². The number of aryl methyl sites for hydroxylation is 1. The highest BCUT2D eigenvalue weighted by molar-refractivity contribution is 7.90. The Morgan fingerprint density at radius 3 is 2.63 bits per heavy atom. The van der Waals surface area contributed by atoms with Crippen molar-refractivity contribution in [3.63, 3.8) is 0 Å². The maximum atomic E-state index is 12.4. The number of nitrogens with one attached hydrogen (secondary N) is 1. The van der Waals surface area contributed by atoms with Gasteiger partial charge >= 0.3 is 10.2 Å². The fourth-order valence-electron chi connectivity index (χ4n) is 2.27. The zero-order chi connectivity index (χ0) is 14.3. The van der Waals surface area contributed by atoms with Gasteiger partial charge in [-0.05, 0) is 57.4 Å². The lowest BCUT2D eigenvalue weighted by atomic mass is 10.0. The molecule has 6 heteroatoms. The number of fused-ring (bicyclic) bond motifs is 1.